The molecule has 0 fully saturated rings. The van der Waals surface area contributed by atoms with E-state index in [9.17, 15) is 0 Å². The Morgan fingerprint density at radius 1 is 0.294 bits per heavy atom. The second-order valence-electron chi connectivity index (χ2n) is 28.6. The lowest BCUT2D eigenvalue weighted by atomic mass is 9.34. The minimum atomic E-state index is -0.153. The molecule has 0 amide bonds. The number of hydrogen-bond donors (Lipinski definition) is 0. The van der Waals surface area contributed by atoms with Crippen LogP contribution in [0, 0.1) is 0 Å². The SMILES string of the molecule is CC(C)(C)c1ccc(N2c3cc(-n4c5ccccc5c5ccccc54)ccc3B3c4ccc(-n5c6ccccc6c6c(-c7ccccc7)cccc65)cc4Sc4cc(-c5cc6c7c(c5)Oc5ccc(-c8ccccc8)cc5B7c5ccc(-c7ccccc7)cc5O6)cc2c43)c(-c2ccccc2)c1. The zero-order chi connectivity index (χ0) is 67.5. The molecule has 0 saturated carbocycles. The van der Waals surface area contributed by atoms with Crippen molar-refractivity contribution in [3.63, 3.8) is 0 Å². The van der Waals surface area contributed by atoms with E-state index in [1.165, 1.54) is 86.5 Å². The van der Waals surface area contributed by atoms with Crippen molar-refractivity contribution in [2.75, 3.05) is 4.90 Å². The van der Waals surface area contributed by atoms with Crippen molar-refractivity contribution in [2.24, 2.45) is 0 Å². The first-order chi connectivity index (χ1) is 50.2. The van der Waals surface area contributed by atoms with Crippen LogP contribution < -0.4 is 47.2 Å². The lowest BCUT2D eigenvalue weighted by Gasteiger charge is -2.42. The summed E-state index contributed by atoms with van der Waals surface area (Å²) in [5.74, 6) is 3.27. The third kappa shape index (κ3) is 9.08. The number of fused-ring (bicyclic) bond motifs is 14. The van der Waals surface area contributed by atoms with E-state index in [0.717, 1.165) is 112 Å². The van der Waals surface area contributed by atoms with Crippen LogP contribution >= 0.6 is 11.8 Å². The summed E-state index contributed by atoms with van der Waals surface area (Å²) >= 11 is 1.89. The summed E-state index contributed by atoms with van der Waals surface area (Å²) in [5.41, 5.74) is 29.8. The van der Waals surface area contributed by atoms with Crippen molar-refractivity contribution in [3.8, 4) is 90.0 Å². The average molecular weight is 1320 g/mol. The Balaban J connectivity index is 0.824. The number of para-hydroxylation sites is 3. The molecule has 0 unspecified atom stereocenters. The van der Waals surface area contributed by atoms with E-state index in [2.05, 4.69) is 362 Å². The molecule has 4 aliphatic heterocycles. The van der Waals surface area contributed by atoms with Crippen LogP contribution in [0.4, 0.5) is 17.1 Å². The van der Waals surface area contributed by atoms with E-state index in [1.807, 2.05) is 11.8 Å². The molecular formula is C94H63B2N3O2S. The fourth-order valence-corrected chi connectivity index (χ4v) is 18.3. The van der Waals surface area contributed by atoms with Crippen LogP contribution in [0.1, 0.15) is 26.3 Å². The van der Waals surface area contributed by atoms with Gasteiger partial charge in [-0.2, -0.15) is 0 Å². The number of rotatable bonds is 8. The summed E-state index contributed by atoms with van der Waals surface area (Å²) in [5, 5.41) is 4.93. The molecule has 4 aliphatic rings. The van der Waals surface area contributed by atoms with Crippen molar-refractivity contribution in [2.45, 2.75) is 36.0 Å². The van der Waals surface area contributed by atoms with Crippen LogP contribution in [-0.4, -0.2) is 22.6 Å². The molecule has 17 aromatic rings. The van der Waals surface area contributed by atoms with Gasteiger partial charge in [-0.3, -0.25) is 0 Å². The van der Waals surface area contributed by atoms with Gasteiger partial charge in [-0.15, -0.1) is 0 Å². The highest BCUT2D eigenvalue weighted by Gasteiger charge is 2.45. The minimum absolute atomic E-state index is 0.122. The molecule has 6 heterocycles. The minimum Gasteiger partial charge on any atom is -0.458 e. The zero-order valence-corrected chi connectivity index (χ0v) is 57.2. The third-order valence-corrected chi connectivity index (χ3v) is 23.0. The van der Waals surface area contributed by atoms with E-state index in [4.69, 9.17) is 9.47 Å². The molecule has 102 heavy (non-hydrogen) atoms. The molecule has 0 atom stereocenters. The highest BCUT2D eigenvalue weighted by Crippen LogP contribution is 2.51. The van der Waals surface area contributed by atoms with E-state index < -0.39 is 0 Å². The summed E-state index contributed by atoms with van der Waals surface area (Å²) in [4.78, 5) is 5.04. The Morgan fingerprint density at radius 2 is 0.814 bits per heavy atom. The van der Waals surface area contributed by atoms with Crippen LogP contribution in [0.25, 0.3) is 111 Å². The maximum atomic E-state index is 7.41. The van der Waals surface area contributed by atoms with Gasteiger partial charge in [0.15, 0.2) is 0 Å². The third-order valence-electron chi connectivity index (χ3n) is 21.8. The van der Waals surface area contributed by atoms with Gasteiger partial charge < -0.3 is 23.5 Å². The number of ether oxygens (including phenoxy) is 2. The van der Waals surface area contributed by atoms with E-state index in [0.29, 0.717) is 0 Å². The highest BCUT2D eigenvalue weighted by molar-refractivity contribution is 8.00. The van der Waals surface area contributed by atoms with Gasteiger partial charge in [0.1, 0.15) is 23.0 Å². The number of aromatic nitrogens is 2. The second kappa shape index (κ2) is 22.7. The van der Waals surface area contributed by atoms with Crippen molar-refractivity contribution >= 4 is 119 Å². The molecule has 8 heteroatoms. The molecule has 5 nitrogen and oxygen atoms in total. The fourth-order valence-electron chi connectivity index (χ4n) is 17.1. The Kier molecular flexibility index (Phi) is 13.0. The molecule has 21 rings (SSSR count). The molecular weight excluding hydrogens is 1260 g/mol. The van der Waals surface area contributed by atoms with Crippen LogP contribution in [-0.2, 0) is 5.41 Å². The number of benzene rings is 15. The first kappa shape index (κ1) is 58.7. The Hall–Kier alpha value is -12.2. The van der Waals surface area contributed by atoms with Crippen LogP contribution in [0.2, 0.25) is 0 Å². The van der Waals surface area contributed by atoms with E-state index in [1.54, 1.807) is 0 Å². The highest BCUT2D eigenvalue weighted by atomic mass is 32.2. The quantitative estimate of drug-likeness (QED) is 0.142. The monoisotopic (exact) mass is 1320 g/mol. The zero-order valence-electron chi connectivity index (χ0n) is 56.4. The molecule has 478 valence electrons. The van der Waals surface area contributed by atoms with Gasteiger partial charge in [0, 0.05) is 65.1 Å². The Bertz CT molecular complexity index is 6300. The average Bonchev–Trinajstić information content (AvgIpc) is 0.803. The topological polar surface area (TPSA) is 31.6 Å². The van der Waals surface area contributed by atoms with Crippen LogP contribution in [0.3, 0.4) is 0 Å². The van der Waals surface area contributed by atoms with Crippen molar-refractivity contribution in [3.05, 3.63) is 333 Å². The van der Waals surface area contributed by atoms with Crippen molar-refractivity contribution in [1.82, 2.24) is 9.13 Å². The summed E-state index contributed by atoms with van der Waals surface area (Å²) in [6.07, 6.45) is 0. The van der Waals surface area contributed by atoms with Gasteiger partial charge >= 0.3 is 0 Å². The normalized spacial score (nSPS) is 13.1. The van der Waals surface area contributed by atoms with Gasteiger partial charge in [-0.25, -0.2) is 0 Å². The molecule has 2 aromatic heterocycles. The summed E-state index contributed by atoms with van der Waals surface area (Å²) < 4.78 is 19.7. The first-order valence-electron chi connectivity index (χ1n) is 35.3. The lowest BCUT2D eigenvalue weighted by molar-refractivity contribution is 0.465. The predicted molar refractivity (Wildman–Crippen MR) is 429 cm³/mol. The van der Waals surface area contributed by atoms with Crippen molar-refractivity contribution in [1.29, 1.82) is 0 Å². The lowest BCUT2D eigenvalue weighted by Crippen LogP contribution is -2.59. The van der Waals surface area contributed by atoms with E-state index in [-0.39, 0.29) is 18.8 Å². The van der Waals surface area contributed by atoms with Gasteiger partial charge in [0.2, 0.25) is 6.71 Å². The molecule has 0 saturated heterocycles. The van der Waals surface area contributed by atoms with Gasteiger partial charge in [0.05, 0.1) is 27.8 Å². The maximum absolute atomic E-state index is 7.41. The Morgan fingerprint density at radius 3 is 1.49 bits per heavy atom. The predicted octanol–water partition coefficient (Wildman–Crippen LogP) is 21.0. The Labute approximate surface area is 597 Å². The first-order valence-corrected chi connectivity index (χ1v) is 36.2. The van der Waals surface area contributed by atoms with Gasteiger partial charge in [-0.05, 0) is 180 Å². The molecule has 0 N–H and O–H groups in total. The van der Waals surface area contributed by atoms with Crippen LogP contribution in [0.5, 0.6) is 23.0 Å². The smallest absolute Gasteiger partial charge is 0.260 e. The molecule has 0 bridgehead atoms. The number of nitrogens with zero attached hydrogens (tertiary/aromatic N) is 3. The largest absolute Gasteiger partial charge is 0.458 e. The number of hydrogen-bond acceptors (Lipinski definition) is 4. The van der Waals surface area contributed by atoms with Gasteiger partial charge in [-0.1, -0.05) is 269 Å². The molecule has 0 spiro atoms. The van der Waals surface area contributed by atoms with Crippen LogP contribution in [0.15, 0.2) is 337 Å². The summed E-state index contributed by atoms with van der Waals surface area (Å²) in [6, 6.07) is 121. The molecule has 15 aromatic carbocycles. The summed E-state index contributed by atoms with van der Waals surface area (Å²) in [7, 11) is 0. The maximum Gasteiger partial charge on any atom is 0.260 e. The van der Waals surface area contributed by atoms with Gasteiger partial charge in [0.25, 0.3) is 6.71 Å². The fraction of sp³-hybridized carbons (Fsp3) is 0.0426. The molecule has 0 aliphatic carbocycles. The second-order valence-corrected chi connectivity index (χ2v) is 29.7. The standard InChI is InChI=1S/C94H63B2N3O2S/c1-94(2,3)66-41-47-81(73(55-66)61-29-14-7-15-30-61)99-83-56-67(97-78-35-19-16-31-70(78)71-32-17-20-36-79(71)97)42-45-74(83)95-76-46-43-68(98-80-37-21-18-33-72(80)91-69(34-22-38-82(91)98)60-27-12-6-13-28-60)57-89(76)102-90-54-64(50-84(99)92(90)95)65-52-87-93-88(53-65)101-86-51-63(59-25-10-5-11-26-59)39-44-75(86)96(93)77-49-62(40-48-85(77)100-87)58-23-8-4-9-24-58/h4-57H,1-3H3. The van der Waals surface area contributed by atoms with Crippen molar-refractivity contribution < 1.29 is 9.47 Å². The summed E-state index contributed by atoms with van der Waals surface area (Å²) in [6.45, 7) is 6.67. The van der Waals surface area contributed by atoms with E-state index >= 15 is 0 Å². The number of anilines is 3. The molecule has 0 radical (unpaired) electrons.